The molecule has 0 aromatic carbocycles. The van der Waals surface area contributed by atoms with Crippen molar-refractivity contribution >= 4 is 20.1 Å². The molecule has 0 aromatic rings. The Kier molecular flexibility index (Phi) is 7.22. The molecular weight excluding hydrogens is 266 g/mol. The second kappa shape index (κ2) is 7.30. The van der Waals surface area contributed by atoms with Gasteiger partial charge in [-0.1, -0.05) is 13.8 Å². The van der Waals surface area contributed by atoms with Crippen LogP contribution in [0.5, 0.6) is 0 Å². The van der Waals surface area contributed by atoms with E-state index in [0.717, 1.165) is 0 Å². The SMILES string of the molecule is CCCS(=O)(=O)OCCNS(=O)(=O)C(C)CC. The highest BCUT2D eigenvalue weighted by atomic mass is 32.2. The normalized spacial score (nSPS) is 14.8. The van der Waals surface area contributed by atoms with E-state index in [9.17, 15) is 16.8 Å². The maximum Gasteiger partial charge on any atom is 0.267 e. The minimum absolute atomic E-state index is 0.0321. The van der Waals surface area contributed by atoms with Gasteiger partial charge in [-0.2, -0.15) is 8.42 Å². The Morgan fingerprint density at radius 3 is 2.24 bits per heavy atom. The molecule has 104 valence electrons. The van der Waals surface area contributed by atoms with E-state index >= 15 is 0 Å². The molecular formula is C9H21NO5S2. The lowest BCUT2D eigenvalue weighted by molar-refractivity contribution is 0.322. The van der Waals surface area contributed by atoms with Crippen molar-refractivity contribution in [2.45, 2.75) is 38.9 Å². The van der Waals surface area contributed by atoms with E-state index in [1.807, 2.05) is 0 Å². The number of sulfonamides is 1. The topological polar surface area (TPSA) is 89.5 Å². The van der Waals surface area contributed by atoms with E-state index in [1.54, 1.807) is 20.8 Å². The summed E-state index contributed by atoms with van der Waals surface area (Å²) in [6, 6.07) is 0. The zero-order valence-electron chi connectivity index (χ0n) is 10.5. The van der Waals surface area contributed by atoms with Crippen LogP contribution < -0.4 is 4.72 Å². The van der Waals surface area contributed by atoms with E-state index in [4.69, 9.17) is 0 Å². The van der Waals surface area contributed by atoms with Gasteiger partial charge in [0.25, 0.3) is 10.1 Å². The molecule has 8 heteroatoms. The molecule has 6 nitrogen and oxygen atoms in total. The molecule has 0 saturated carbocycles. The fourth-order valence-corrected chi connectivity index (χ4v) is 3.07. The Balaban J connectivity index is 4.02. The lowest BCUT2D eigenvalue weighted by Gasteiger charge is -2.11. The van der Waals surface area contributed by atoms with Crippen LogP contribution in [0.25, 0.3) is 0 Å². The first-order valence-corrected chi connectivity index (χ1v) is 8.73. The first-order valence-electron chi connectivity index (χ1n) is 5.60. The summed E-state index contributed by atoms with van der Waals surface area (Å²) in [5.41, 5.74) is 0. The Hall–Kier alpha value is -0.180. The first-order chi connectivity index (χ1) is 7.75. The van der Waals surface area contributed by atoms with Gasteiger partial charge in [0.15, 0.2) is 0 Å². The number of hydrogen-bond acceptors (Lipinski definition) is 5. The molecule has 1 unspecified atom stereocenters. The van der Waals surface area contributed by atoms with Gasteiger partial charge in [0.1, 0.15) is 0 Å². The molecule has 0 bridgehead atoms. The van der Waals surface area contributed by atoms with Gasteiger partial charge in [-0.3, -0.25) is 4.18 Å². The molecule has 0 radical (unpaired) electrons. The second-order valence-corrected chi connectivity index (χ2v) is 7.68. The molecule has 0 amide bonds. The first kappa shape index (κ1) is 16.8. The quantitative estimate of drug-likeness (QED) is 0.491. The zero-order valence-corrected chi connectivity index (χ0v) is 12.1. The van der Waals surface area contributed by atoms with E-state index in [1.165, 1.54) is 0 Å². The average Bonchev–Trinajstić information content (AvgIpc) is 2.23. The smallest absolute Gasteiger partial charge is 0.267 e. The second-order valence-electron chi connectivity index (χ2n) is 3.74. The summed E-state index contributed by atoms with van der Waals surface area (Å²) in [6.07, 6.45) is 0.977. The van der Waals surface area contributed by atoms with Crippen molar-refractivity contribution in [1.29, 1.82) is 0 Å². The van der Waals surface area contributed by atoms with Gasteiger partial charge >= 0.3 is 0 Å². The molecule has 0 aliphatic heterocycles. The molecule has 0 saturated heterocycles. The van der Waals surface area contributed by atoms with Gasteiger partial charge in [-0.15, -0.1) is 0 Å². The number of rotatable bonds is 9. The van der Waals surface area contributed by atoms with E-state index in [0.29, 0.717) is 12.8 Å². The molecule has 0 fully saturated rings. The summed E-state index contributed by atoms with van der Waals surface area (Å²) >= 11 is 0. The molecule has 1 N–H and O–H groups in total. The lowest BCUT2D eigenvalue weighted by Crippen LogP contribution is -2.34. The van der Waals surface area contributed by atoms with Gasteiger partial charge < -0.3 is 0 Å². The Labute approximate surface area is 104 Å². The van der Waals surface area contributed by atoms with Crippen LogP contribution in [-0.2, 0) is 24.3 Å². The van der Waals surface area contributed by atoms with Gasteiger partial charge in [0.2, 0.25) is 10.0 Å². The molecule has 1 atom stereocenters. The maximum atomic E-state index is 11.5. The molecule has 0 heterocycles. The zero-order chi connectivity index (χ0) is 13.5. The summed E-state index contributed by atoms with van der Waals surface area (Å²) in [6.45, 7) is 4.89. The molecule has 0 rings (SSSR count). The third kappa shape index (κ3) is 6.97. The van der Waals surface area contributed by atoms with Crippen molar-refractivity contribution < 1.29 is 21.0 Å². The minimum atomic E-state index is -3.51. The predicted octanol–water partition coefficient (Wildman–Crippen LogP) is 0.461. The Morgan fingerprint density at radius 1 is 1.18 bits per heavy atom. The standard InChI is InChI=1S/C9H21NO5S2/c1-4-8-16(11,12)15-7-6-10-17(13,14)9(3)5-2/h9-10H,4-8H2,1-3H3. The van der Waals surface area contributed by atoms with Crippen molar-refractivity contribution in [3.8, 4) is 0 Å². The fraction of sp³-hybridized carbons (Fsp3) is 1.00. The largest absolute Gasteiger partial charge is 0.269 e. The summed E-state index contributed by atoms with van der Waals surface area (Å²) in [7, 11) is -6.88. The van der Waals surface area contributed by atoms with Crippen LogP contribution in [0.1, 0.15) is 33.6 Å². The highest BCUT2D eigenvalue weighted by molar-refractivity contribution is 7.90. The van der Waals surface area contributed by atoms with Crippen LogP contribution in [0, 0.1) is 0 Å². The minimum Gasteiger partial charge on any atom is -0.269 e. The van der Waals surface area contributed by atoms with Gasteiger partial charge in [-0.25, -0.2) is 13.1 Å². The van der Waals surface area contributed by atoms with Crippen LogP contribution >= 0.6 is 0 Å². The lowest BCUT2D eigenvalue weighted by atomic mass is 10.4. The fourth-order valence-electron chi connectivity index (χ4n) is 1.02. The van der Waals surface area contributed by atoms with E-state index in [-0.39, 0.29) is 18.9 Å². The number of nitrogens with one attached hydrogen (secondary N) is 1. The highest BCUT2D eigenvalue weighted by Crippen LogP contribution is 2.02. The van der Waals surface area contributed by atoms with Crippen molar-refractivity contribution in [1.82, 2.24) is 4.72 Å². The van der Waals surface area contributed by atoms with Crippen LogP contribution in [0.4, 0.5) is 0 Å². The Morgan fingerprint density at radius 2 is 1.76 bits per heavy atom. The molecule has 0 spiro atoms. The maximum absolute atomic E-state index is 11.5. The van der Waals surface area contributed by atoms with Crippen LogP contribution in [0.2, 0.25) is 0 Å². The summed E-state index contributed by atoms with van der Waals surface area (Å²) in [4.78, 5) is 0. The van der Waals surface area contributed by atoms with Crippen LogP contribution in [0.3, 0.4) is 0 Å². The van der Waals surface area contributed by atoms with Crippen molar-refractivity contribution in [3.05, 3.63) is 0 Å². The van der Waals surface area contributed by atoms with Crippen molar-refractivity contribution in [2.24, 2.45) is 0 Å². The summed E-state index contributed by atoms with van der Waals surface area (Å²) in [5.74, 6) is -0.0505. The summed E-state index contributed by atoms with van der Waals surface area (Å²) < 4.78 is 52.2. The predicted molar refractivity (Wildman–Crippen MR) is 66.7 cm³/mol. The van der Waals surface area contributed by atoms with E-state index < -0.39 is 25.4 Å². The van der Waals surface area contributed by atoms with Gasteiger partial charge in [-0.05, 0) is 19.8 Å². The third-order valence-electron chi connectivity index (χ3n) is 2.23. The summed E-state index contributed by atoms with van der Waals surface area (Å²) in [5, 5.41) is -0.491. The monoisotopic (exact) mass is 287 g/mol. The molecule has 0 aromatic heterocycles. The molecule has 0 aliphatic carbocycles. The number of hydrogen-bond donors (Lipinski definition) is 1. The van der Waals surface area contributed by atoms with E-state index in [2.05, 4.69) is 8.91 Å². The van der Waals surface area contributed by atoms with Crippen molar-refractivity contribution in [3.63, 3.8) is 0 Å². The molecule has 17 heavy (non-hydrogen) atoms. The average molecular weight is 287 g/mol. The Bertz CT molecular complexity index is 401. The van der Waals surface area contributed by atoms with Crippen LogP contribution in [0.15, 0.2) is 0 Å². The third-order valence-corrected chi connectivity index (χ3v) is 5.66. The van der Waals surface area contributed by atoms with Gasteiger partial charge in [0, 0.05) is 6.54 Å². The van der Waals surface area contributed by atoms with Crippen LogP contribution in [-0.4, -0.2) is 41.0 Å². The molecule has 0 aliphatic rings. The van der Waals surface area contributed by atoms with Crippen molar-refractivity contribution in [2.75, 3.05) is 18.9 Å². The highest BCUT2D eigenvalue weighted by Gasteiger charge is 2.18. The van der Waals surface area contributed by atoms with Gasteiger partial charge in [0.05, 0.1) is 17.6 Å².